The molecule has 1 atom stereocenters. The first-order valence-corrected chi connectivity index (χ1v) is 9.48. The Hall–Kier alpha value is -3.72. The quantitative estimate of drug-likeness (QED) is 0.543. The monoisotopic (exact) mass is 445 g/mol. The fourth-order valence-electron chi connectivity index (χ4n) is 2.60. The van der Waals surface area contributed by atoms with Crippen molar-refractivity contribution in [2.24, 2.45) is 5.73 Å². The van der Waals surface area contributed by atoms with E-state index in [0.717, 1.165) is 33.4 Å². The lowest BCUT2D eigenvalue weighted by atomic mass is 10.1. The Morgan fingerprint density at radius 1 is 1.09 bits per heavy atom. The van der Waals surface area contributed by atoms with Crippen molar-refractivity contribution in [3.63, 3.8) is 0 Å². The van der Waals surface area contributed by atoms with Crippen LogP contribution in [0.3, 0.4) is 0 Å². The number of hydrogen-bond donors (Lipinski definition) is 3. The molecule has 32 heavy (non-hydrogen) atoms. The number of carbonyl (C=O) groups is 2. The maximum Gasteiger partial charge on any atom is 0.490 e. The minimum Gasteiger partial charge on any atom is -0.475 e. The summed E-state index contributed by atoms with van der Waals surface area (Å²) >= 11 is 0. The average molecular weight is 445 g/mol. The number of para-hydroxylation sites is 1. The lowest BCUT2D eigenvalue weighted by molar-refractivity contribution is -0.192. The van der Waals surface area contributed by atoms with Crippen LogP contribution < -0.4 is 11.1 Å². The van der Waals surface area contributed by atoms with Gasteiger partial charge in [-0.05, 0) is 49.2 Å². The maximum atomic E-state index is 11.6. The lowest BCUT2D eigenvalue weighted by Crippen LogP contribution is -2.32. The van der Waals surface area contributed by atoms with Gasteiger partial charge in [0, 0.05) is 16.8 Å². The van der Waals surface area contributed by atoms with Crippen LogP contribution in [0, 0.1) is 6.92 Å². The van der Waals surface area contributed by atoms with Crippen molar-refractivity contribution in [2.75, 3.05) is 5.32 Å². The zero-order valence-electron chi connectivity index (χ0n) is 17.4. The number of nitrogens with one attached hydrogen (secondary N) is 1. The predicted molar refractivity (Wildman–Crippen MR) is 118 cm³/mol. The molecule has 1 aromatic heterocycles. The molecule has 0 aliphatic heterocycles. The smallest absolute Gasteiger partial charge is 0.475 e. The number of benzene rings is 2. The molecule has 0 fully saturated rings. The number of pyridine rings is 1. The molecule has 1 amide bonds. The molecule has 0 bridgehead atoms. The molecular weight excluding hydrogens is 423 g/mol. The number of fused-ring (bicyclic) bond motifs is 1. The number of carbonyl (C=O) groups excluding carboxylic acids is 1. The molecule has 0 saturated heterocycles. The van der Waals surface area contributed by atoms with Gasteiger partial charge in [0.1, 0.15) is 0 Å². The van der Waals surface area contributed by atoms with E-state index < -0.39 is 18.2 Å². The number of hydrogen-bond acceptors (Lipinski definition) is 4. The van der Waals surface area contributed by atoms with E-state index in [1.54, 1.807) is 6.92 Å². The average Bonchev–Trinajstić information content (AvgIpc) is 2.72. The third kappa shape index (κ3) is 7.21. The normalized spacial score (nSPS) is 12.2. The van der Waals surface area contributed by atoms with Gasteiger partial charge in [-0.15, -0.1) is 0 Å². The van der Waals surface area contributed by atoms with E-state index in [2.05, 4.69) is 34.6 Å². The van der Waals surface area contributed by atoms with Crippen molar-refractivity contribution in [3.05, 3.63) is 71.4 Å². The number of amides is 1. The number of carboxylic acid groups (broad SMARTS) is 1. The summed E-state index contributed by atoms with van der Waals surface area (Å²) in [5.74, 6) is -2.95. The summed E-state index contributed by atoms with van der Waals surface area (Å²) in [4.78, 5) is 25.1. The molecule has 168 valence electrons. The number of nitrogens with two attached hydrogens (primary N) is 1. The number of aliphatic carboxylic acids is 1. The van der Waals surface area contributed by atoms with E-state index in [-0.39, 0.29) is 5.91 Å². The van der Waals surface area contributed by atoms with Gasteiger partial charge >= 0.3 is 12.1 Å². The van der Waals surface area contributed by atoms with Gasteiger partial charge in [0.25, 0.3) is 0 Å². The molecule has 0 unspecified atom stereocenters. The molecule has 3 aromatic rings. The van der Waals surface area contributed by atoms with E-state index >= 15 is 0 Å². The highest BCUT2D eigenvalue weighted by molar-refractivity contribution is 5.94. The Morgan fingerprint density at radius 3 is 2.25 bits per heavy atom. The molecular formula is C23H22F3N3O3. The zero-order valence-corrected chi connectivity index (χ0v) is 17.4. The van der Waals surface area contributed by atoms with E-state index in [1.807, 2.05) is 49.4 Å². The van der Waals surface area contributed by atoms with Gasteiger partial charge in [0.05, 0.1) is 11.6 Å². The van der Waals surface area contributed by atoms with Crippen LogP contribution in [-0.4, -0.2) is 34.2 Å². The molecule has 4 N–H and O–H groups in total. The van der Waals surface area contributed by atoms with Crippen molar-refractivity contribution in [3.8, 4) is 0 Å². The first kappa shape index (κ1) is 24.5. The number of carboxylic acids is 1. The minimum atomic E-state index is -5.08. The van der Waals surface area contributed by atoms with Crippen molar-refractivity contribution in [2.45, 2.75) is 26.1 Å². The van der Waals surface area contributed by atoms with Crippen LogP contribution in [0.5, 0.6) is 0 Å². The third-order valence-corrected chi connectivity index (χ3v) is 4.17. The SMILES string of the molecule is Cc1cc(/C=C/c2ccc(NC(=O)[C@@H](C)N)cc2)c2ccccc2n1.O=C(O)C(F)(F)F. The van der Waals surface area contributed by atoms with E-state index in [9.17, 15) is 18.0 Å². The Kier molecular flexibility index (Phi) is 8.09. The Morgan fingerprint density at radius 2 is 1.69 bits per heavy atom. The molecule has 2 aromatic carbocycles. The third-order valence-electron chi connectivity index (χ3n) is 4.17. The summed E-state index contributed by atoms with van der Waals surface area (Å²) in [6, 6.07) is 17.3. The highest BCUT2D eigenvalue weighted by Gasteiger charge is 2.38. The summed E-state index contributed by atoms with van der Waals surface area (Å²) in [6.07, 6.45) is -0.940. The van der Waals surface area contributed by atoms with Gasteiger partial charge < -0.3 is 16.2 Å². The van der Waals surface area contributed by atoms with Crippen LogP contribution in [0.1, 0.15) is 23.7 Å². The van der Waals surface area contributed by atoms with Crippen LogP contribution >= 0.6 is 0 Å². The minimum absolute atomic E-state index is 0.193. The second kappa shape index (κ2) is 10.5. The number of aryl methyl sites for hydroxylation is 1. The largest absolute Gasteiger partial charge is 0.490 e. The Balaban J connectivity index is 0.000000451. The first-order chi connectivity index (χ1) is 15.0. The number of nitrogens with zero attached hydrogens (tertiary/aromatic N) is 1. The molecule has 0 aliphatic carbocycles. The van der Waals surface area contributed by atoms with Gasteiger partial charge in [-0.3, -0.25) is 9.78 Å². The molecule has 6 nitrogen and oxygen atoms in total. The van der Waals surface area contributed by atoms with Crippen LogP contribution in [0.25, 0.3) is 23.1 Å². The van der Waals surface area contributed by atoms with Crippen LogP contribution in [0.4, 0.5) is 18.9 Å². The topological polar surface area (TPSA) is 105 Å². The number of rotatable bonds is 4. The van der Waals surface area contributed by atoms with Gasteiger partial charge in [0.2, 0.25) is 5.91 Å². The van der Waals surface area contributed by atoms with E-state index in [0.29, 0.717) is 0 Å². The van der Waals surface area contributed by atoms with E-state index in [1.165, 1.54) is 0 Å². The molecule has 0 aliphatic rings. The molecule has 0 spiro atoms. The molecule has 9 heteroatoms. The van der Waals surface area contributed by atoms with Gasteiger partial charge in [0.15, 0.2) is 0 Å². The van der Waals surface area contributed by atoms with Crippen molar-refractivity contribution in [1.82, 2.24) is 4.98 Å². The predicted octanol–water partition coefficient (Wildman–Crippen LogP) is 4.63. The summed E-state index contributed by atoms with van der Waals surface area (Å²) < 4.78 is 31.7. The summed E-state index contributed by atoms with van der Waals surface area (Å²) in [5.41, 5.74) is 10.5. The first-order valence-electron chi connectivity index (χ1n) is 9.48. The molecule has 3 rings (SSSR count). The highest BCUT2D eigenvalue weighted by atomic mass is 19.4. The van der Waals surface area contributed by atoms with Crippen LogP contribution in [0.2, 0.25) is 0 Å². The van der Waals surface area contributed by atoms with E-state index in [4.69, 9.17) is 15.6 Å². The summed E-state index contributed by atoms with van der Waals surface area (Å²) in [5, 5.41) is 11.0. The fraction of sp³-hybridized carbons (Fsp3) is 0.174. The van der Waals surface area contributed by atoms with Crippen molar-refractivity contribution >= 4 is 40.6 Å². The van der Waals surface area contributed by atoms with Crippen molar-refractivity contribution < 1.29 is 27.9 Å². The standard InChI is InChI=1S/C21H21N3O.C2HF3O2/c1-14-13-17(19-5-3-4-6-20(19)23-14)10-7-16-8-11-18(12-9-16)24-21(25)15(2)22;3-2(4,5)1(6)7/h3-13,15H,22H2,1-2H3,(H,24,25);(H,6,7)/b10-7+;/t15-;/m1./s1. The van der Waals surface area contributed by atoms with Gasteiger partial charge in [-0.1, -0.05) is 42.5 Å². The molecule has 1 heterocycles. The number of aromatic nitrogens is 1. The Bertz CT molecular complexity index is 1120. The van der Waals surface area contributed by atoms with Crippen LogP contribution in [-0.2, 0) is 9.59 Å². The highest BCUT2D eigenvalue weighted by Crippen LogP contribution is 2.21. The summed E-state index contributed by atoms with van der Waals surface area (Å²) in [6.45, 7) is 3.66. The van der Waals surface area contributed by atoms with Crippen LogP contribution in [0.15, 0.2) is 54.6 Å². The summed E-state index contributed by atoms with van der Waals surface area (Å²) in [7, 11) is 0. The molecule has 0 radical (unpaired) electrons. The van der Waals surface area contributed by atoms with Gasteiger partial charge in [-0.25, -0.2) is 4.79 Å². The number of halogens is 3. The number of alkyl halides is 3. The van der Waals surface area contributed by atoms with Gasteiger partial charge in [-0.2, -0.15) is 13.2 Å². The fourth-order valence-corrected chi connectivity index (χ4v) is 2.60. The maximum absolute atomic E-state index is 11.6. The van der Waals surface area contributed by atoms with Crippen molar-refractivity contribution in [1.29, 1.82) is 0 Å². The zero-order chi connectivity index (χ0) is 23.9. The Labute approximate surface area is 182 Å². The second-order valence-electron chi connectivity index (χ2n) is 6.91. The lowest BCUT2D eigenvalue weighted by Gasteiger charge is -2.07. The number of anilines is 1. The second-order valence-corrected chi connectivity index (χ2v) is 6.91. The molecule has 0 saturated carbocycles.